The highest BCUT2D eigenvalue weighted by Gasteiger charge is 2.31. The Morgan fingerprint density at radius 3 is 2.50 bits per heavy atom. The topological polar surface area (TPSA) is 79.2 Å². The average Bonchev–Trinajstić information content (AvgIpc) is 3.03. The molecular weight excluding hydrogens is 336 g/mol. The predicted octanol–water partition coefficient (Wildman–Crippen LogP) is 1.52. The summed E-state index contributed by atoms with van der Waals surface area (Å²) < 4.78 is 5.12. The Balaban J connectivity index is 1.70. The van der Waals surface area contributed by atoms with Gasteiger partial charge in [0.15, 0.2) is 5.75 Å². The second-order valence-corrected chi connectivity index (χ2v) is 7.11. The van der Waals surface area contributed by atoms with Gasteiger partial charge in [-0.2, -0.15) is 0 Å². The van der Waals surface area contributed by atoms with Crippen LogP contribution in [-0.4, -0.2) is 73.1 Å². The van der Waals surface area contributed by atoms with E-state index in [0.717, 1.165) is 31.7 Å². The number of fused-ring (bicyclic) bond motifs is 1. The quantitative estimate of drug-likeness (QED) is 0.584. The second kappa shape index (κ2) is 7.59. The molecule has 8 heteroatoms. The highest BCUT2D eigenvalue weighted by atomic mass is 16.6. The largest absolute Gasteiger partial charge is 0.490 e. The molecule has 0 atom stereocenters. The Kier molecular flexibility index (Phi) is 5.43. The lowest BCUT2D eigenvalue weighted by Gasteiger charge is -2.37. The predicted molar refractivity (Wildman–Crippen MR) is 98.9 cm³/mol. The van der Waals surface area contributed by atoms with Crippen LogP contribution in [0.3, 0.4) is 0 Å². The first-order valence-corrected chi connectivity index (χ1v) is 9.02. The minimum Gasteiger partial charge on any atom is -0.490 e. The number of hydrogen-bond acceptors (Lipinski definition) is 6. The summed E-state index contributed by atoms with van der Waals surface area (Å²) in [6.45, 7) is 8.94. The number of ether oxygens (including phenoxy) is 1. The Hall–Kier alpha value is -2.19. The Labute approximate surface area is 153 Å². The van der Waals surface area contributed by atoms with Gasteiger partial charge in [-0.1, -0.05) is 0 Å². The number of carbonyl (C=O) groups is 1. The number of piperazine rings is 1. The van der Waals surface area contributed by atoms with Crippen molar-refractivity contribution in [2.24, 2.45) is 0 Å². The molecule has 0 aliphatic carbocycles. The Bertz CT molecular complexity index is 699. The fourth-order valence-electron chi connectivity index (χ4n) is 3.68. The van der Waals surface area contributed by atoms with E-state index in [-0.39, 0.29) is 17.3 Å². The molecule has 0 radical (unpaired) electrons. The SMILES string of the molecule is COc1cc2c(cc1[N+](=O)[O-])N(C(=O)CN1CCN(C(C)C)CC1)CC2. The first-order valence-electron chi connectivity index (χ1n) is 9.02. The molecule has 2 aliphatic rings. The average molecular weight is 362 g/mol. The number of nitrogens with zero attached hydrogens (tertiary/aromatic N) is 4. The fraction of sp³-hybridized carbons (Fsp3) is 0.611. The minimum absolute atomic E-state index is 0.00112. The van der Waals surface area contributed by atoms with Gasteiger partial charge in [0.25, 0.3) is 0 Å². The zero-order chi connectivity index (χ0) is 18.8. The van der Waals surface area contributed by atoms with Gasteiger partial charge in [0.1, 0.15) is 0 Å². The van der Waals surface area contributed by atoms with Gasteiger partial charge in [-0.25, -0.2) is 0 Å². The molecular formula is C18H26N4O4. The van der Waals surface area contributed by atoms with Crippen LogP contribution in [0.1, 0.15) is 19.4 Å². The van der Waals surface area contributed by atoms with Crippen molar-refractivity contribution in [3.8, 4) is 5.75 Å². The summed E-state index contributed by atoms with van der Waals surface area (Å²) in [5, 5.41) is 11.3. The number of anilines is 1. The molecule has 2 heterocycles. The van der Waals surface area contributed by atoms with Gasteiger partial charge in [0.2, 0.25) is 5.91 Å². The molecule has 1 aromatic rings. The van der Waals surface area contributed by atoms with Gasteiger partial charge in [0.05, 0.1) is 24.3 Å². The van der Waals surface area contributed by atoms with Crippen LogP contribution in [0, 0.1) is 10.1 Å². The first kappa shape index (κ1) is 18.6. The second-order valence-electron chi connectivity index (χ2n) is 7.11. The van der Waals surface area contributed by atoms with Gasteiger partial charge >= 0.3 is 5.69 Å². The maximum absolute atomic E-state index is 12.8. The Morgan fingerprint density at radius 2 is 1.92 bits per heavy atom. The van der Waals surface area contributed by atoms with Crippen LogP contribution < -0.4 is 9.64 Å². The summed E-state index contributed by atoms with van der Waals surface area (Å²) in [6.07, 6.45) is 0.691. The van der Waals surface area contributed by atoms with Gasteiger partial charge in [0, 0.05) is 44.8 Å². The smallest absolute Gasteiger partial charge is 0.313 e. The van der Waals surface area contributed by atoms with Crippen molar-refractivity contribution < 1.29 is 14.5 Å². The molecule has 1 aromatic carbocycles. The van der Waals surface area contributed by atoms with Crippen LogP contribution in [0.25, 0.3) is 0 Å². The van der Waals surface area contributed by atoms with Gasteiger partial charge < -0.3 is 9.64 Å². The molecule has 0 saturated carbocycles. The first-order chi connectivity index (χ1) is 12.4. The van der Waals surface area contributed by atoms with E-state index in [1.54, 1.807) is 11.0 Å². The molecule has 0 bridgehead atoms. The van der Waals surface area contributed by atoms with E-state index in [4.69, 9.17) is 4.74 Å². The third kappa shape index (κ3) is 3.66. The number of amides is 1. The van der Waals surface area contributed by atoms with Crippen LogP contribution in [-0.2, 0) is 11.2 Å². The van der Waals surface area contributed by atoms with E-state index in [0.29, 0.717) is 31.2 Å². The number of hydrogen-bond donors (Lipinski definition) is 0. The minimum atomic E-state index is -0.467. The summed E-state index contributed by atoms with van der Waals surface area (Å²) in [7, 11) is 1.42. The van der Waals surface area contributed by atoms with Crippen LogP contribution >= 0.6 is 0 Å². The number of rotatable bonds is 5. The lowest BCUT2D eigenvalue weighted by Crippen LogP contribution is -2.51. The number of carbonyl (C=O) groups excluding carboxylic acids is 1. The molecule has 26 heavy (non-hydrogen) atoms. The molecule has 0 N–H and O–H groups in total. The van der Waals surface area contributed by atoms with Gasteiger partial charge in [-0.05, 0) is 31.9 Å². The molecule has 142 valence electrons. The van der Waals surface area contributed by atoms with Crippen molar-refractivity contribution in [1.29, 1.82) is 0 Å². The zero-order valence-corrected chi connectivity index (χ0v) is 15.6. The molecule has 0 aromatic heterocycles. The maximum atomic E-state index is 12.8. The third-order valence-corrected chi connectivity index (χ3v) is 5.27. The molecule has 3 rings (SSSR count). The van der Waals surface area contributed by atoms with Crippen molar-refractivity contribution in [3.05, 3.63) is 27.8 Å². The molecule has 8 nitrogen and oxygen atoms in total. The van der Waals surface area contributed by atoms with Gasteiger partial charge in [-0.3, -0.25) is 24.7 Å². The monoisotopic (exact) mass is 362 g/mol. The van der Waals surface area contributed by atoms with Crippen molar-refractivity contribution in [2.75, 3.05) is 51.3 Å². The summed E-state index contributed by atoms with van der Waals surface area (Å²) >= 11 is 0. The van der Waals surface area contributed by atoms with Crippen molar-refractivity contribution >= 4 is 17.3 Å². The van der Waals surface area contributed by atoms with Crippen LogP contribution in [0.2, 0.25) is 0 Å². The normalized spacial score (nSPS) is 18.2. The number of methoxy groups -OCH3 is 1. The van der Waals surface area contributed by atoms with E-state index in [1.165, 1.54) is 13.2 Å². The van der Waals surface area contributed by atoms with Crippen molar-refractivity contribution in [3.63, 3.8) is 0 Å². The number of nitro benzene ring substituents is 1. The van der Waals surface area contributed by atoms with Crippen LogP contribution in [0.15, 0.2) is 12.1 Å². The maximum Gasteiger partial charge on any atom is 0.313 e. The standard InChI is InChI=1S/C18H26N4O4/c1-13(2)20-8-6-19(7-9-20)12-18(23)21-5-4-14-10-17(26-3)16(22(24)25)11-15(14)21/h10-11,13H,4-9,12H2,1-3H3. The van der Waals surface area contributed by atoms with Gasteiger partial charge in [-0.15, -0.1) is 0 Å². The van der Waals surface area contributed by atoms with E-state index in [2.05, 4.69) is 23.6 Å². The summed E-state index contributed by atoms with van der Waals surface area (Å²) in [5.74, 6) is 0.245. The van der Waals surface area contributed by atoms with Crippen LogP contribution in [0.5, 0.6) is 5.75 Å². The lowest BCUT2D eigenvalue weighted by molar-refractivity contribution is -0.385. The zero-order valence-electron chi connectivity index (χ0n) is 15.6. The molecule has 2 aliphatic heterocycles. The third-order valence-electron chi connectivity index (χ3n) is 5.27. The van der Waals surface area contributed by atoms with E-state index in [9.17, 15) is 14.9 Å². The Morgan fingerprint density at radius 1 is 1.23 bits per heavy atom. The summed E-state index contributed by atoms with van der Waals surface area (Å²) in [4.78, 5) is 29.8. The summed E-state index contributed by atoms with van der Waals surface area (Å²) in [5.41, 5.74) is 1.46. The molecule has 1 saturated heterocycles. The fourth-order valence-corrected chi connectivity index (χ4v) is 3.68. The van der Waals surface area contributed by atoms with Crippen molar-refractivity contribution in [2.45, 2.75) is 26.3 Å². The highest BCUT2D eigenvalue weighted by Crippen LogP contribution is 2.38. The van der Waals surface area contributed by atoms with E-state index in [1.807, 2.05) is 0 Å². The van der Waals surface area contributed by atoms with E-state index >= 15 is 0 Å². The van der Waals surface area contributed by atoms with Crippen molar-refractivity contribution in [1.82, 2.24) is 9.80 Å². The molecule has 1 amide bonds. The highest BCUT2D eigenvalue weighted by molar-refractivity contribution is 5.97. The number of benzene rings is 1. The summed E-state index contributed by atoms with van der Waals surface area (Å²) in [6, 6.07) is 3.67. The van der Waals surface area contributed by atoms with E-state index < -0.39 is 4.92 Å². The lowest BCUT2D eigenvalue weighted by atomic mass is 10.1. The molecule has 0 unspecified atom stereocenters. The molecule has 0 spiro atoms. The molecule has 1 fully saturated rings. The van der Waals surface area contributed by atoms with Crippen LogP contribution in [0.4, 0.5) is 11.4 Å². The number of nitro groups is 1.